The molecule has 0 radical (unpaired) electrons. The lowest BCUT2D eigenvalue weighted by Crippen LogP contribution is -2.41. The summed E-state index contributed by atoms with van der Waals surface area (Å²) in [7, 11) is 0. The van der Waals surface area contributed by atoms with Crippen LogP contribution in [-0.2, 0) is 22.4 Å². The molecule has 2 aromatic carbocycles. The number of benzene rings is 2. The summed E-state index contributed by atoms with van der Waals surface area (Å²) in [5.74, 6) is -0.836. The molecule has 0 bridgehead atoms. The van der Waals surface area contributed by atoms with Crippen LogP contribution < -0.4 is 10.1 Å². The van der Waals surface area contributed by atoms with E-state index in [1.807, 2.05) is 6.92 Å². The lowest BCUT2D eigenvalue weighted by Gasteiger charge is -2.27. The van der Waals surface area contributed by atoms with Crippen LogP contribution in [0.5, 0.6) is 17.2 Å². The van der Waals surface area contributed by atoms with E-state index in [2.05, 4.69) is 5.32 Å². The van der Waals surface area contributed by atoms with Crippen LogP contribution in [0.15, 0.2) is 36.4 Å². The molecule has 1 aliphatic heterocycles. The van der Waals surface area contributed by atoms with Gasteiger partial charge in [-0.05, 0) is 74.1 Å². The van der Waals surface area contributed by atoms with Crippen molar-refractivity contribution in [2.24, 2.45) is 0 Å². The highest BCUT2D eigenvalue weighted by Gasteiger charge is 2.51. The highest BCUT2D eigenvalue weighted by Crippen LogP contribution is 2.40. The van der Waals surface area contributed by atoms with Gasteiger partial charge in [0.25, 0.3) is 5.91 Å². The maximum atomic E-state index is 13.2. The van der Waals surface area contributed by atoms with E-state index in [4.69, 9.17) is 4.74 Å². The van der Waals surface area contributed by atoms with E-state index in [1.165, 1.54) is 43.3 Å². The quantitative estimate of drug-likeness (QED) is 0.207. The summed E-state index contributed by atoms with van der Waals surface area (Å²) < 4.78 is 45.5. The lowest BCUT2D eigenvalue weighted by atomic mass is 9.91. The number of hydrogen-bond donors (Lipinski definition) is 4. The number of rotatable bonds is 10. The number of hydrogen-bond acceptors (Lipinski definition) is 6. The minimum Gasteiger partial charge on any atom is -0.504 e. The van der Waals surface area contributed by atoms with Crippen molar-refractivity contribution >= 4 is 11.9 Å². The third kappa shape index (κ3) is 5.61. The molecule has 4 N–H and O–H groups in total. The van der Waals surface area contributed by atoms with Gasteiger partial charge in [-0.25, -0.2) is 4.79 Å². The molecule has 2 aromatic rings. The predicted molar refractivity (Wildman–Crippen MR) is 128 cm³/mol. The molecule has 3 amide bonds. The zero-order valence-corrected chi connectivity index (χ0v) is 20.9. The monoisotopic (exact) mass is 524 g/mol. The van der Waals surface area contributed by atoms with Crippen molar-refractivity contribution in [2.75, 3.05) is 13.2 Å². The number of aromatic hydroxyl groups is 2. The molecule has 37 heavy (non-hydrogen) atoms. The minimum atomic E-state index is -4.82. The molecular formula is C26H31F3N2O6. The molecule has 2 atom stereocenters. The molecule has 1 saturated heterocycles. The molecule has 2 unspecified atom stereocenters. The fourth-order valence-electron chi connectivity index (χ4n) is 4.14. The fourth-order valence-corrected chi connectivity index (χ4v) is 4.14. The van der Waals surface area contributed by atoms with E-state index < -0.39 is 35.0 Å². The number of urea groups is 1. The largest absolute Gasteiger partial charge is 0.504 e. The zero-order chi connectivity index (χ0) is 27.6. The van der Waals surface area contributed by atoms with Gasteiger partial charge in [0.15, 0.2) is 17.1 Å². The molecule has 1 aliphatic rings. The van der Waals surface area contributed by atoms with Gasteiger partial charge in [-0.3, -0.25) is 9.69 Å². The molecule has 8 nitrogen and oxygen atoms in total. The van der Waals surface area contributed by atoms with Crippen LogP contribution in [0.2, 0.25) is 0 Å². The van der Waals surface area contributed by atoms with Crippen LogP contribution in [0.3, 0.4) is 0 Å². The second kappa shape index (κ2) is 10.5. The Hall–Kier alpha value is -3.47. The van der Waals surface area contributed by atoms with Crippen LogP contribution in [0.4, 0.5) is 18.0 Å². The Bertz CT molecular complexity index is 1170. The molecule has 1 heterocycles. The Labute approximate surface area is 212 Å². The van der Waals surface area contributed by atoms with Crippen LogP contribution in [-0.4, -0.2) is 51.5 Å². The van der Waals surface area contributed by atoms with Crippen molar-refractivity contribution < 1.29 is 42.8 Å². The number of nitrogens with one attached hydrogen (secondary N) is 1. The van der Waals surface area contributed by atoms with Gasteiger partial charge in [0.05, 0.1) is 6.61 Å². The van der Waals surface area contributed by atoms with Crippen LogP contribution in [0, 0.1) is 0 Å². The van der Waals surface area contributed by atoms with Gasteiger partial charge in [0, 0.05) is 6.54 Å². The standard InChI is InChI=1S/C26H31F3N2O6/c1-4-7-16-14-18(25(3,36)26(27,28)29)9-11-21(16)37-13-6-5-12-31-22(34)24(2,30-23(31)35)17-8-10-19(32)20(33)15-17/h8-11,14-15,32-33,36H,4-7,12-13H2,1-3H3,(H,30,35). The van der Waals surface area contributed by atoms with E-state index in [9.17, 15) is 38.1 Å². The third-order valence-corrected chi connectivity index (χ3v) is 6.56. The number of nitrogens with zero attached hydrogens (tertiary/aromatic N) is 1. The van der Waals surface area contributed by atoms with Crippen molar-refractivity contribution in [1.82, 2.24) is 10.2 Å². The Morgan fingerprint density at radius 2 is 1.76 bits per heavy atom. The first-order chi connectivity index (χ1) is 17.2. The van der Waals surface area contributed by atoms with Gasteiger partial charge in [-0.2, -0.15) is 13.2 Å². The number of alkyl halides is 3. The summed E-state index contributed by atoms with van der Waals surface area (Å²) in [4.78, 5) is 26.5. The molecule has 0 aliphatic carbocycles. The number of amides is 3. The number of aliphatic hydroxyl groups is 1. The Morgan fingerprint density at radius 1 is 1.05 bits per heavy atom. The normalized spacial score (nSPS) is 19.6. The van der Waals surface area contributed by atoms with Crippen molar-refractivity contribution in [1.29, 1.82) is 0 Å². The van der Waals surface area contributed by atoms with Gasteiger partial charge in [0.1, 0.15) is 11.3 Å². The number of carbonyl (C=O) groups is 2. The first kappa shape index (κ1) is 28.1. The highest BCUT2D eigenvalue weighted by molar-refractivity contribution is 6.07. The van der Waals surface area contributed by atoms with Crippen molar-refractivity contribution in [3.8, 4) is 17.2 Å². The topological polar surface area (TPSA) is 119 Å². The Balaban J connectivity index is 1.59. The second-order valence-electron chi connectivity index (χ2n) is 9.41. The number of ether oxygens (including phenoxy) is 1. The molecule has 0 spiro atoms. The first-order valence-corrected chi connectivity index (χ1v) is 11.9. The number of unbranched alkanes of at least 4 members (excludes halogenated alkanes) is 1. The van der Waals surface area contributed by atoms with Gasteiger partial charge in [-0.15, -0.1) is 0 Å². The Kier molecular flexibility index (Phi) is 7.97. The highest BCUT2D eigenvalue weighted by atomic mass is 19.4. The second-order valence-corrected chi connectivity index (χ2v) is 9.41. The fraction of sp³-hybridized carbons (Fsp3) is 0.462. The Morgan fingerprint density at radius 3 is 2.38 bits per heavy atom. The first-order valence-electron chi connectivity index (χ1n) is 11.9. The van der Waals surface area contributed by atoms with Gasteiger partial charge in [0.2, 0.25) is 0 Å². The summed E-state index contributed by atoms with van der Waals surface area (Å²) >= 11 is 0. The summed E-state index contributed by atoms with van der Waals surface area (Å²) in [6, 6.07) is 7.22. The lowest BCUT2D eigenvalue weighted by molar-refractivity contribution is -0.258. The number of carbonyl (C=O) groups excluding carboxylic acids is 2. The molecule has 0 aromatic heterocycles. The number of phenolic OH excluding ortho intramolecular Hbond substituents is 2. The maximum Gasteiger partial charge on any atom is 0.421 e. The average Bonchev–Trinajstić information content (AvgIpc) is 3.04. The predicted octanol–water partition coefficient (Wildman–Crippen LogP) is 4.45. The number of imide groups is 1. The summed E-state index contributed by atoms with van der Waals surface area (Å²) in [6.07, 6.45) is -2.82. The van der Waals surface area contributed by atoms with E-state index >= 15 is 0 Å². The maximum absolute atomic E-state index is 13.2. The molecular weight excluding hydrogens is 493 g/mol. The van der Waals surface area contributed by atoms with E-state index in [1.54, 1.807) is 0 Å². The summed E-state index contributed by atoms with van der Waals surface area (Å²) in [5.41, 5.74) is -3.77. The van der Waals surface area contributed by atoms with Gasteiger partial charge in [-0.1, -0.05) is 25.5 Å². The van der Waals surface area contributed by atoms with Gasteiger partial charge >= 0.3 is 12.2 Å². The van der Waals surface area contributed by atoms with Crippen LogP contribution >= 0.6 is 0 Å². The van der Waals surface area contributed by atoms with Crippen molar-refractivity contribution in [3.05, 3.63) is 53.1 Å². The van der Waals surface area contributed by atoms with Crippen molar-refractivity contribution in [3.63, 3.8) is 0 Å². The smallest absolute Gasteiger partial charge is 0.421 e. The van der Waals surface area contributed by atoms with Crippen LogP contribution in [0.1, 0.15) is 56.7 Å². The number of aryl methyl sites for hydroxylation is 1. The number of halogens is 3. The summed E-state index contributed by atoms with van der Waals surface area (Å²) in [5, 5.41) is 31.9. The van der Waals surface area contributed by atoms with Gasteiger partial charge < -0.3 is 25.4 Å². The van der Waals surface area contributed by atoms with E-state index in [0.29, 0.717) is 49.5 Å². The molecule has 202 valence electrons. The SMILES string of the molecule is CCCc1cc(C(C)(O)C(F)(F)F)ccc1OCCCCN1C(=O)NC(C)(c2ccc(O)c(O)c2)C1=O. The minimum absolute atomic E-state index is 0.114. The van der Waals surface area contributed by atoms with Crippen LogP contribution in [0.25, 0.3) is 0 Å². The van der Waals surface area contributed by atoms with E-state index in [-0.39, 0.29) is 24.5 Å². The molecule has 0 saturated carbocycles. The van der Waals surface area contributed by atoms with Crippen molar-refractivity contribution in [2.45, 2.75) is 63.8 Å². The molecule has 11 heteroatoms. The molecule has 3 rings (SSSR count). The summed E-state index contributed by atoms with van der Waals surface area (Å²) in [6.45, 7) is 4.42. The van der Waals surface area contributed by atoms with E-state index in [0.717, 1.165) is 4.90 Å². The number of phenols is 2. The average molecular weight is 525 g/mol. The molecule has 1 fully saturated rings. The zero-order valence-electron chi connectivity index (χ0n) is 20.9. The third-order valence-electron chi connectivity index (χ3n) is 6.56.